The van der Waals surface area contributed by atoms with E-state index in [0.29, 0.717) is 0 Å². The molecule has 1 aliphatic rings. The molecule has 3 heteroatoms. The third kappa shape index (κ3) is 2.10. The summed E-state index contributed by atoms with van der Waals surface area (Å²) >= 11 is 0. The van der Waals surface area contributed by atoms with Gasteiger partial charge in [0.2, 0.25) is 0 Å². The van der Waals surface area contributed by atoms with Gasteiger partial charge in [0.15, 0.2) is 5.82 Å². The van der Waals surface area contributed by atoms with Crippen molar-refractivity contribution >= 4 is 22.8 Å². The van der Waals surface area contributed by atoms with Gasteiger partial charge in [-0.2, -0.15) is 0 Å². The molecule has 1 aromatic carbocycles. The van der Waals surface area contributed by atoms with Gasteiger partial charge in [0.25, 0.3) is 0 Å². The summed E-state index contributed by atoms with van der Waals surface area (Å²) in [7, 11) is 2.10. The van der Waals surface area contributed by atoms with Gasteiger partial charge in [-0.3, -0.25) is 0 Å². The summed E-state index contributed by atoms with van der Waals surface area (Å²) in [6.45, 7) is 12.2. The average molecular weight is 291 g/mol. The molecule has 0 spiro atoms. The highest BCUT2D eigenvalue weighted by Gasteiger charge is 2.33. The molecular weight excluding hydrogens is 270 g/mol. The van der Waals surface area contributed by atoms with Crippen LogP contribution in [-0.2, 0) is 0 Å². The minimum atomic E-state index is 0.218. The highest BCUT2D eigenvalue weighted by atomic mass is 15.4. The van der Waals surface area contributed by atoms with Gasteiger partial charge in [-0.1, -0.05) is 31.4 Å². The van der Waals surface area contributed by atoms with Crippen LogP contribution in [0.15, 0.2) is 55.8 Å². The van der Waals surface area contributed by atoms with Gasteiger partial charge in [0.1, 0.15) is 6.17 Å². The molecule has 0 aliphatic carbocycles. The van der Waals surface area contributed by atoms with E-state index in [1.54, 1.807) is 6.08 Å². The molecule has 1 atom stereocenters. The number of anilines is 3. The molecule has 112 valence electrons. The monoisotopic (exact) mass is 291 g/mol. The second-order valence-corrected chi connectivity index (χ2v) is 5.69. The van der Waals surface area contributed by atoms with Crippen LogP contribution in [0.2, 0.25) is 0 Å². The summed E-state index contributed by atoms with van der Waals surface area (Å²) in [6.07, 6.45) is 3.86. The largest absolute Gasteiger partial charge is 0.351 e. The van der Waals surface area contributed by atoms with E-state index in [-0.39, 0.29) is 6.17 Å². The zero-order chi connectivity index (χ0) is 15.9. The highest BCUT2D eigenvalue weighted by Crippen LogP contribution is 2.42. The van der Waals surface area contributed by atoms with Crippen molar-refractivity contribution in [2.24, 2.45) is 0 Å². The van der Waals surface area contributed by atoms with Crippen molar-refractivity contribution < 1.29 is 0 Å². The highest BCUT2D eigenvalue weighted by molar-refractivity contribution is 5.83. The number of nitrogens with zero attached hydrogens (tertiary/aromatic N) is 3. The summed E-state index contributed by atoms with van der Waals surface area (Å²) in [6, 6.07) is 10.5. The van der Waals surface area contributed by atoms with Crippen molar-refractivity contribution in [3.05, 3.63) is 66.9 Å². The summed E-state index contributed by atoms with van der Waals surface area (Å²) in [5, 5.41) is 0. The molecule has 0 saturated heterocycles. The number of pyridine rings is 1. The fourth-order valence-electron chi connectivity index (χ4n) is 2.90. The Labute approximate surface area is 132 Å². The van der Waals surface area contributed by atoms with Gasteiger partial charge in [0, 0.05) is 18.9 Å². The van der Waals surface area contributed by atoms with Crippen molar-refractivity contribution in [1.29, 1.82) is 0 Å². The van der Waals surface area contributed by atoms with Crippen molar-refractivity contribution in [2.75, 3.05) is 16.8 Å². The first-order valence-corrected chi connectivity index (χ1v) is 7.44. The number of hydrogen-bond acceptors (Lipinski definition) is 3. The Kier molecular flexibility index (Phi) is 3.49. The SMILES string of the molecule is C=CC(=C)c1ccc(C)c(N2c3ncccc3N(C)C2C)c1. The third-order valence-corrected chi connectivity index (χ3v) is 4.39. The standard InChI is InChI=1S/C19H21N3/c1-6-13(2)16-10-9-14(3)18(12-16)22-15(4)21(5)17-8-7-11-20-19(17)22/h6-12,15H,1-2H2,3-5H3. The van der Waals surface area contributed by atoms with E-state index in [4.69, 9.17) is 0 Å². The molecule has 0 fully saturated rings. The number of hydrogen-bond donors (Lipinski definition) is 0. The number of aryl methyl sites for hydroxylation is 1. The van der Waals surface area contributed by atoms with Crippen molar-refractivity contribution in [3.63, 3.8) is 0 Å². The van der Waals surface area contributed by atoms with Gasteiger partial charge in [-0.15, -0.1) is 0 Å². The molecule has 3 nitrogen and oxygen atoms in total. The molecule has 3 rings (SSSR count). The normalized spacial score (nSPS) is 16.6. The summed E-state index contributed by atoms with van der Waals surface area (Å²) in [5.41, 5.74) is 5.57. The minimum Gasteiger partial charge on any atom is -0.351 e. The topological polar surface area (TPSA) is 19.4 Å². The van der Waals surface area contributed by atoms with Gasteiger partial charge < -0.3 is 9.80 Å². The van der Waals surface area contributed by atoms with E-state index in [0.717, 1.165) is 28.3 Å². The molecule has 22 heavy (non-hydrogen) atoms. The summed E-state index contributed by atoms with van der Waals surface area (Å²) in [4.78, 5) is 9.12. The van der Waals surface area contributed by atoms with E-state index in [1.807, 2.05) is 12.3 Å². The molecule has 0 saturated carbocycles. The molecule has 0 N–H and O–H groups in total. The fourth-order valence-corrected chi connectivity index (χ4v) is 2.90. The number of allylic oxidation sites excluding steroid dienone is 2. The van der Waals surface area contributed by atoms with E-state index in [9.17, 15) is 0 Å². The van der Waals surface area contributed by atoms with Gasteiger partial charge in [-0.25, -0.2) is 4.98 Å². The van der Waals surface area contributed by atoms with Crippen LogP contribution in [0.5, 0.6) is 0 Å². The zero-order valence-electron chi connectivity index (χ0n) is 13.4. The second kappa shape index (κ2) is 5.34. The summed E-state index contributed by atoms with van der Waals surface area (Å²) in [5.74, 6) is 1.00. The second-order valence-electron chi connectivity index (χ2n) is 5.69. The predicted molar refractivity (Wildman–Crippen MR) is 94.7 cm³/mol. The number of fused-ring (bicyclic) bond motifs is 1. The molecule has 2 aromatic rings. The third-order valence-electron chi connectivity index (χ3n) is 4.39. The first kappa shape index (κ1) is 14.4. The Morgan fingerprint density at radius 3 is 2.77 bits per heavy atom. The van der Waals surface area contributed by atoms with E-state index in [2.05, 4.69) is 73.1 Å². The lowest BCUT2D eigenvalue weighted by Gasteiger charge is -2.28. The maximum Gasteiger partial charge on any atom is 0.158 e. The molecule has 1 unspecified atom stereocenters. The fraction of sp³-hybridized carbons (Fsp3) is 0.211. The van der Waals surface area contributed by atoms with Crippen molar-refractivity contribution in [1.82, 2.24) is 4.98 Å². The first-order chi connectivity index (χ1) is 10.5. The Bertz CT molecular complexity index is 748. The van der Waals surface area contributed by atoms with Gasteiger partial charge in [-0.05, 0) is 48.7 Å². The average Bonchev–Trinajstić information content (AvgIpc) is 2.79. The first-order valence-electron chi connectivity index (χ1n) is 7.44. The Balaban J connectivity index is 2.15. The Hall–Kier alpha value is -2.55. The number of aromatic nitrogens is 1. The van der Waals surface area contributed by atoms with Crippen molar-refractivity contribution in [3.8, 4) is 0 Å². The Morgan fingerprint density at radius 1 is 1.27 bits per heavy atom. The molecular formula is C19H21N3. The molecule has 0 radical (unpaired) electrons. The molecule has 2 heterocycles. The summed E-state index contributed by atoms with van der Waals surface area (Å²) < 4.78 is 0. The lowest BCUT2D eigenvalue weighted by atomic mass is 10.0. The predicted octanol–water partition coefficient (Wildman–Crippen LogP) is 4.52. The van der Waals surface area contributed by atoms with Crippen LogP contribution >= 0.6 is 0 Å². The van der Waals surface area contributed by atoms with E-state index in [1.165, 1.54) is 5.56 Å². The maximum absolute atomic E-state index is 4.60. The van der Waals surface area contributed by atoms with E-state index < -0.39 is 0 Å². The molecule has 0 bridgehead atoms. The quantitative estimate of drug-likeness (QED) is 0.775. The van der Waals surface area contributed by atoms with Crippen molar-refractivity contribution in [2.45, 2.75) is 20.0 Å². The lowest BCUT2D eigenvalue weighted by molar-refractivity contribution is 0.729. The zero-order valence-corrected chi connectivity index (χ0v) is 13.4. The van der Waals surface area contributed by atoms with Crippen LogP contribution in [0.25, 0.3) is 5.57 Å². The van der Waals surface area contributed by atoms with Gasteiger partial charge in [0.05, 0.1) is 5.69 Å². The minimum absolute atomic E-state index is 0.218. The molecule has 1 aromatic heterocycles. The van der Waals surface area contributed by atoms with Crippen LogP contribution in [0.4, 0.5) is 17.2 Å². The van der Waals surface area contributed by atoms with Crippen LogP contribution < -0.4 is 9.80 Å². The number of rotatable bonds is 3. The van der Waals surface area contributed by atoms with Crippen LogP contribution in [0.1, 0.15) is 18.1 Å². The van der Waals surface area contributed by atoms with Crippen LogP contribution in [0, 0.1) is 6.92 Å². The molecule has 1 aliphatic heterocycles. The Morgan fingerprint density at radius 2 is 2.05 bits per heavy atom. The van der Waals surface area contributed by atoms with Crippen LogP contribution in [0.3, 0.4) is 0 Å². The number of benzene rings is 1. The van der Waals surface area contributed by atoms with E-state index >= 15 is 0 Å². The molecule has 0 amide bonds. The van der Waals surface area contributed by atoms with Crippen LogP contribution in [-0.4, -0.2) is 18.2 Å². The maximum atomic E-state index is 4.60. The van der Waals surface area contributed by atoms with Gasteiger partial charge >= 0.3 is 0 Å². The smallest absolute Gasteiger partial charge is 0.158 e. The lowest BCUT2D eigenvalue weighted by Crippen LogP contribution is -2.36.